The standard InChI is InChI=1S/C15H15FN2O/c1-10-11(2)17-8-7-14(10)15(19)18-9-12-3-5-13(16)6-4-12/h3-8H,9H2,1-2H3,(H,18,19). The molecule has 19 heavy (non-hydrogen) atoms. The molecule has 4 heteroatoms. The number of nitrogens with zero attached hydrogens (tertiary/aromatic N) is 1. The van der Waals surface area contributed by atoms with E-state index >= 15 is 0 Å². The van der Waals surface area contributed by atoms with E-state index < -0.39 is 0 Å². The van der Waals surface area contributed by atoms with Crippen molar-refractivity contribution >= 4 is 5.91 Å². The van der Waals surface area contributed by atoms with Crippen molar-refractivity contribution in [1.82, 2.24) is 10.3 Å². The molecule has 0 atom stereocenters. The van der Waals surface area contributed by atoms with Gasteiger partial charge in [-0.2, -0.15) is 0 Å². The SMILES string of the molecule is Cc1nccc(C(=O)NCc2ccc(F)cc2)c1C. The zero-order chi connectivity index (χ0) is 13.8. The van der Waals surface area contributed by atoms with Gasteiger partial charge in [0.2, 0.25) is 0 Å². The Balaban J connectivity index is 2.05. The minimum atomic E-state index is -0.282. The zero-order valence-corrected chi connectivity index (χ0v) is 10.9. The van der Waals surface area contributed by atoms with Gasteiger partial charge in [0.1, 0.15) is 5.82 Å². The van der Waals surface area contributed by atoms with Gasteiger partial charge in [-0.1, -0.05) is 12.1 Å². The first-order chi connectivity index (χ1) is 9.08. The van der Waals surface area contributed by atoms with Crippen LogP contribution in [-0.4, -0.2) is 10.9 Å². The summed E-state index contributed by atoms with van der Waals surface area (Å²) in [6, 6.07) is 7.76. The lowest BCUT2D eigenvalue weighted by Crippen LogP contribution is -2.24. The molecule has 98 valence electrons. The van der Waals surface area contributed by atoms with Crippen LogP contribution in [0, 0.1) is 19.7 Å². The Labute approximate surface area is 111 Å². The van der Waals surface area contributed by atoms with Gasteiger partial charge in [0.05, 0.1) is 0 Å². The fraction of sp³-hybridized carbons (Fsp3) is 0.200. The van der Waals surface area contributed by atoms with Crippen LogP contribution in [0.25, 0.3) is 0 Å². The van der Waals surface area contributed by atoms with Crippen molar-refractivity contribution in [2.75, 3.05) is 0 Å². The number of pyridine rings is 1. The molecule has 0 bridgehead atoms. The normalized spacial score (nSPS) is 10.3. The molecular formula is C15H15FN2O. The van der Waals surface area contributed by atoms with E-state index in [9.17, 15) is 9.18 Å². The average Bonchev–Trinajstić information content (AvgIpc) is 2.41. The molecule has 0 radical (unpaired) electrons. The molecule has 0 saturated heterocycles. The van der Waals surface area contributed by atoms with E-state index in [0.29, 0.717) is 12.1 Å². The highest BCUT2D eigenvalue weighted by molar-refractivity contribution is 5.95. The Hall–Kier alpha value is -2.23. The summed E-state index contributed by atoms with van der Waals surface area (Å²) in [5.74, 6) is -0.428. The maximum Gasteiger partial charge on any atom is 0.251 e. The number of nitrogens with one attached hydrogen (secondary N) is 1. The van der Waals surface area contributed by atoms with Gasteiger partial charge in [-0.15, -0.1) is 0 Å². The number of halogens is 1. The fourth-order valence-electron chi connectivity index (χ4n) is 1.77. The molecule has 0 unspecified atom stereocenters. The van der Waals surface area contributed by atoms with Crippen LogP contribution in [0.1, 0.15) is 27.2 Å². The number of carbonyl (C=O) groups is 1. The second-order valence-electron chi connectivity index (χ2n) is 4.38. The zero-order valence-electron chi connectivity index (χ0n) is 10.9. The van der Waals surface area contributed by atoms with E-state index in [1.54, 1.807) is 24.4 Å². The van der Waals surface area contributed by atoms with Crippen LogP contribution >= 0.6 is 0 Å². The Morgan fingerprint density at radius 2 is 1.89 bits per heavy atom. The second kappa shape index (κ2) is 5.61. The molecule has 0 fully saturated rings. The van der Waals surface area contributed by atoms with Crippen molar-refractivity contribution in [3.05, 3.63) is 64.7 Å². The topological polar surface area (TPSA) is 42.0 Å². The highest BCUT2D eigenvalue weighted by atomic mass is 19.1. The summed E-state index contributed by atoms with van der Waals surface area (Å²) in [5, 5.41) is 2.81. The molecule has 0 aliphatic carbocycles. The van der Waals surface area contributed by atoms with E-state index in [4.69, 9.17) is 0 Å². The minimum absolute atomic E-state index is 0.146. The first-order valence-corrected chi connectivity index (χ1v) is 6.03. The minimum Gasteiger partial charge on any atom is -0.348 e. The van der Waals surface area contributed by atoms with Gasteiger partial charge in [0, 0.05) is 24.0 Å². The van der Waals surface area contributed by atoms with E-state index in [2.05, 4.69) is 10.3 Å². The van der Waals surface area contributed by atoms with Crippen molar-refractivity contribution in [2.45, 2.75) is 20.4 Å². The summed E-state index contributed by atoms with van der Waals surface area (Å²) in [6.45, 7) is 4.11. The van der Waals surface area contributed by atoms with Crippen LogP contribution in [0.2, 0.25) is 0 Å². The molecule has 1 amide bonds. The molecule has 0 aliphatic rings. The van der Waals surface area contributed by atoms with Gasteiger partial charge < -0.3 is 5.32 Å². The number of amides is 1. The molecule has 0 saturated carbocycles. The monoisotopic (exact) mass is 258 g/mol. The largest absolute Gasteiger partial charge is 0.348 e. The van der Waals surface area contributed by atoms with E-state index in [1.807, 2.05) is 13.8 Å². The first kappa shape index (κ1) is 13.2. The second-order valence-corrected chi connectivity index (χ2v) is 4.38. The fourth-order valence-corrected chi connectivity index (χ4v) is 1.77. The van der Waals surface area contributed by atoms with Crippen molar-refractivity contribution in [3.63, 3.8) is 0 Å². The molecular weight excluding hydrogens is 243 g/mol. The van der Waals surface area contributed by atoms with Crippen LogP contribution in [0.5, 0.6) is 0 Å². The third-order valence-corrected chi connectivity index (χ3v) is 3.07. The lowest BCUT2D eigenvalue weighted by atomic mass is 10.1. The molecule has 1 aromatic carbocycles. The predicted molar refractivity (Wildman–Crippen MR) is 71.3 cm³/mol. The van der Waals surface area contributed by atoms with Crippen molar-refractivity contribution < 1.29 is 9.18 Å². The Morgan fingerprint density at radius 3 is 2.58 bits per heavy atom. The Morgan fingerprint density at radius 1 is 1.21 bits per heavy atom. The van der Waals surface area contributed by atoms with Crippen LogP contribution in [0.15, 0.2) is 36.5 Å². The Kier molecular flexibility index (Phi) is 3.90. The van der Waals surface area contributed by atoms with Gasteiger partial charge in [0.25, 0.3) is 5.91 Å². The summed E-state index contributed by atoms with van der Waals surface area (Å²) in [4.78, 5) is 16.2. The van der Waals surface area contributed by atoms with Gasteiger partial charge in [-0.05, 0) is 43.2 Å². The van der Waals surface area contributed by atoms with Gasteiger partial charge in [0.15, 0.2) is 0 Å². The predicted octanol–water partition coefficient (Wildman–Crippen LogP) is 2.77. The van der Waals surface area contributed by atoms with Crippen molar-refractivity contribution in [3.8, 4) is 0 Å². The number of aryl methyl sites for hydroxylation is 1. The lowest BCUT2D eigenvalue weighted by Gasteiger charge is -2.09. The number of benzene rings is 1. The molecule has 1 aromatic heterocycles. The summed E-state index contributed by atoms with van der Waals surface area (Å²) in [5.41, 5.74) is 3.20. The first-order valence-electron chi connectivity index (χ1n) is 6.03. The smallest absolute Gasteiger partial charge is 0.251 e. The third kappa shape index (κ3) is 3.16. The van der Waals surface area contributed by atoms with Crippen LogP contribution in [0.4, 0.5) is 4.39 Å². The quantitative estimate of drug-likeness (QED) is 0.919. The van der Waals surface area contributed by atoms with Gasteiger partial charge in [-0.3, -0.25) is 9.78 Å². The number of rotatable bonds is 3. The summed E-state index contributed by atoms with van der Waals surface area (Å²) in [6.07, 6.45) is 1.62. The number of carbonyl (C=O) groups excluding carboxylic acids is 1. The van der Waals surface area contributed by atoms with Crippen LogP contribution < -0.4 is 5.32 Å². The highest BCUT2D eigenvalue weighted by Gasteiger charge is 2.10. The molecule has 2 rings (SSSR count). The number of hydrogen-bond donors (Lipinski definition) is 1. The maximum absolute atomic E-state index is 12.8. The van der Waals surface area contributed by atoms with Crippen LogP contribution in [0.3, 0.4) is 0 Å². The molecule has 0 spiro atoms. The molecule has 1 N–H and O–H groups in total. The summed E-state index contributed by atoms with van der Waals surface area (Å²) < 4.78 is 12.8. The Bertz CT molecular complexity index is 594. The number of aromatic nitrogens is 1. The van der Waals surface area contributed by atoms with Crippen molar-refractivity contribution in [1.29, 1.82) is 0 Å². The number of hydrogen-bond acceptors (Lipinski definition) is 2. The van der Waals surface area contributed by atoms with Gasteiger partial charge in [-0.25, -0.2) is 4.39 Å². The van der Waals surface area contributed by atoms with Gasteiger partial charge >= 0.3 is 0 Å². The molecule has 0 aliphatic heterocycles. The average molecular weight is 258 g/mol. The van der Waals surface area contributed by atoms with Crippen molar-refractivity contribution in [2.24, 2.45) is 0 Å². The summed E-state index contributed by atoms with van der Waals surface area (Å²) >= 11 is 0. The van der Waals surface area contributed by atoms with E-state index in [0.717, 1.165) is 16.8 Å². The molecule has 3 nitrogen and oxygen atoms in total. The third-order valence-electron chi connectivity index (χ3n) is 3.07. The maximum atomic E-state index is 12.8. The van der Waals surface area contributed by atoms with E-state index in [1.165, 1.54) is 12.1 Å². The highest BCUT2D eigenvalue weighted by Crippen LogP contribution is 2.10. The van der Waals surface area contributed by atoms with E-state index in [-0.39, 0.29) is 11.7 Å². The summed E-state index contributed by atoms with van der Waals surface area (Å²) in [7, 11) is 0. The molecule has 2 aromatic rings. The lowest BCUT2D eigenvalue weighted by molar-refractivity contribution is 0.0950. The van der Waals surface area contributed by atoms with Crippen LogP contribution in [-0.2, 0) is 6.54 Å². The molecule has 1 heterocycles.